The van der Waals surface area contributed by atoms with Crippen LogP contribution in [0.1, 0.15) is 58.8 Å². The van der Waals surface area contributed by atoms with Crippen LogP contribution in [0.3, 0.4) is 0 Å². The summed E-state index contributed by atoms with van der Waals surface area (Å²) in [6, 6.07) is 1.01. The van der Waals surface area contributed by atoms with Crippen molar-refractivity contribution >= 4 is 8.32 Å². The summed E-state index contributed by atoms with van der Waals surface area (Å²) >= 11 is 0. The van der Waals surface area contributed by atoms with E-state index in [-0.39, 0.29) is 5.60 Å². The summed E-state index contributed by atoms with van der Waals surface area (Å²) in [4.78, 5) is 0. The molecular weight excluding hydrogens is 284 g/mol. The van der Waals surface area contributed by atoms with Gasteiger partial charge in [-0.1, -0.05) is 36.5 Å². The predicted octanol–water partition coefficient (Wildman–Crippen LogP) is 6.65. The molecule has 2 heteroatoms. The summed E-state index contributed by atoms with van der Waals surface area (Å²) in [5.74, 6) is 0.645. The molecule has 0 radical (unpaired) electrons. The molecule has 0 atom stereocenters. The van der Waals surface area contributed by atoms with E-state index in [9.17, 15) is 0 Å². The van der Waals surface area contributed by atoms with Crippen molar-refractivity contribution in [1.82, 2.24) is 0 Å². The van der Waals surface area contributed by atoms with Gasteiger partial charge in [-0.15, -0.1) is 19.7 Å². The van der Waals surface area contributed by atoms with Crippen LogP contribution >= 0.6 is 0 Å². The van der Waals surface area contributed by atoms with E-state index >= 15 is 0 Å². The smallest absolute Gasteiger partial charge is 0.191 e. The van der Waals surface area contributed by atoms with E-state index in [0.717, 1.165) is 18.9 Å². The van der Waals surface area contributed by atoms with Gasteiger partial charge in [-0.05, 0) is 64.6 Å². The van der Waals surface area contributed by atoms with Gasteiger partial charge in [-0.25, -0.2) is 0 Å². The molecule has 0 aromatic rings. The van der Waals surface area contributed by atoms with E-state index < -0.39 is 8.32 Å². The van der Waals surface area contributed by atoms with Crippen LogP contribution in [0.25, 0.3) is 0 Å². The molecule has 0 aliphatic heterocycles. The third kappa shape index (κ3) is 5.89. The minimum atomic E-state index is -1.76. The van der Waals surface area contributed by atoms with Crippen molar-refractivity contribution in [3.05, 3.63) is 37.0 Å². The molecule has 0 N–H and O–H groups in total. The summed E-state index contributed by atoms with van der Waals surface area (Å²) in [6.45, 7) is 21.3. The molecule has 0 amide bonds. The fourth-order valence-corrected chi connectivity index (χ4v) is 6.29. The van der Waals surface area contributed by atoms with Gasteiger partial charge in [-0.2, -0.15) is 0 Å². The zero-order valence-electron chi connectivity index (χ0n) is 15.3. The third-order valence-corrected chi connectivity index (χ3v) is 6.90. The van der Waals surface area contributed by atoms with E-state index in [1.165, 1.54) is 43.3 Å². The first kappa shape index (κ1) is 19.4. The van der Waals surface area contributed by atoms with Crippen LogP contribution < -0.4 is 0 Å². The molecule has 22 heavy (non-hydrogen) atoms. The van der Waals surface area contributed by atoms with Gasteiger partial charge < -0.3 is 4.43 Å². The Hall–Kier alpha value is -0.603. The highest BCUT2D eigenvalue weighted by Gasteiger charge is 2.43. The Balaban J connectivity index is 3.13. The van der Waals surface area contributed by atoms with Gasteiger partial charge in [0.1, 0.15) is 0 Å². The maximum Gasteiger partial charge on any atom is 0.191 e. The Kier molecular flexibility index (Phi) is 7.34. The summed E-state index contributed by atoms with van der Waals surface area (Å²) in [5, 5.41) is 0. The Bertz CT molecular complexity index is 386. The van der Waals surface area contributed by atoms with Crippen LogP contribution in [0, 0.1) is 5.92 Å². The van der Waals surface area contributed by atoms with Crippen molar-refractivity contribution in [2.24, 2.45) is 5.92 Å². The van der Waals surface area contributed by atoms with E-state index in [0.29, 0.717) is 5.92 Å². The summed E-state index contributed by atoms with van der Waals surface area (Å²) in [5.41, 5.74) is 2.38. The molecule has 0 spiro atoms. The zero-order chi connectivity index (χ0) is 16.8. The molecule has 0 bridgehead atoms. The fraction of sp³-hybridized carbons (Fsp3) is 0.700. The first-order valence-electron chi connectivity index (χ1n) is 8.80. The predicted molar refractivity (Wildman–Crippen MR) is 102 cm³/mol. The van der Waals surface area contributed by atoms with Crippen molar-refractivity contribution in [3.63, 3.8) is 0 Å². The Labute approximate surface area is 139 Å². The van der Waals surface area contributed by atoms with Gasteiger partial charge in [0.05, 0.1) is 5.60 Å². The van der Waals surface area contributed by atoms with Crippen molar-refractivity contribution in [3.8, 4) is 0 Å². The minimum absolute atomic E-state index is 0.0865. The topological polar surface area (TPSA) is 9.23 Å². The van der Waals surface area contributed by atoms with Gasteiger partial charge in [0.2, 0.25) is 0 Å². The molecule has 1 fully saturated rings. The molecule has 0 heterocycles. The second-order valence-corrected chi connectivity index (χ2v) is 12.2. The Morgan fingerprint density at radius 3 is 2.00 bits per heavy atom. The maximum absolute atomic E-state index is 6.97. The monoisotopic (exact) mass is 320 g/mol. The molecule has 0 aromatic heterocycles. The highest BCUT2D eigenvalue weighted by Crippen LogP contribution is 2.44. The quantitative estimate of drug-likeness (QED) is 0.341. The minimum Gasteiger partial charge on any atom is -0.411 e. The first-order chi connectivity index (χ1) is 10.2. The lowest BCUT2D eigenvalue weighted by atomic mass is 9.71. The second kappa shape index (κ2) is 8.31. The van der Waals surface area contributed by atoms with Crippen LogP contribution in [-0.4, -0.2) is 13.9 Å². The molecule has 1 rings (SSSR count). The van der Waals surface area contributed by atoms with Gasteiger partial charge in [0.15, 0.2) is 8.32 Å². The van der Waals surface area contributed by atoms with E-state index in [2.05, 4.69) is 46.7 Å². The largest absolute Gasteiger partial charge is 0.411 e. The zero-order valence-corrected chi connectivity index (χ0v) is 16.3. The first-order valence-corrected chi connectivity index (χ1v) is 11.9. The molecule has 1 saturated carbocycles. The van der Waals surface area contributed by atoms with Crippen LogP contribution in [0.2, 0.25) is 19.1 Å². The van der Waals surface area contributed by atoms with E-state index in [1.54, 1.807) is 0 Å². The summed E-state index contributed by atoms with van der Waals surface area (Å²) in [7, 11) is -1.76. The van der Waals surface area contributed by atoms with Crippen LogP contribution in [-0.2, 0) is 4.43 Å². The molecule has 126 valence electrons. The normalized spacial score (nSPS) is 17.3. The SMILES string of the molecule is C=CC[Si](C)(C)OC(CC(=C)C)(CC(=C)C)C1CCCCC1. The second-order valence-electron chi connectivity index (χ2n) is 8.02. The molecule has 0 unspecified atom stereocenters. The molecule has 0 aromatic carbocycles. The Morgan fingerprint density at radius 2 is 1.59 bits per heavy atom. The lowest BCUT2D eigenvalue weighted by molar-refractivity contribution is -0.0157. The maximum atomic E-state index is 6.97. The van der Waals surface area contributed by atoms with Crippen molar-refractivity contribution in [1.29, 1.82) is 0 Å². The highest BCUT2D eigenvalue weighted by atomic mass is 28.4. The van der Waals surface area contributed by atoms with Crippen LogP contribution in [0.15, 0.2) is 37.0 Å². The van der Waals surface area contributed by atoms with E-state index in [1.807, 2.05) is 6.08 Å². The molecule has 0 saturated heterocycles. The summed E-state index contributed by atoms with van der Waals surface area (Å²) < 4.78 is 6.97. The average molecular weight is 321 g/mol. The number of allylic oxidation sites excluding steroid dienone is 1. The Morgan fingerprint density at radius 1 is 1.09 bits per heavy atom. The van der Waals surface area contributed by atoms with Crippen molar-refractivity contribution < 1.29 is 4.43 Å². The van der Waals surface area contributed by atoms with Crippen LogP contribution in [0.5, 0.6) is 0 Å². The summed E-state index contributed by atoms with van der Waals surface area (Å²) in [6.07, 6.45) is 10.6. The van der Waals surface area contributed by atoms with Gasteiger partial charge in [0, 0.05) is 0 Å². The van der Waals surface area contributed by atoms with Crippen molar-refractivity contribution in [2.45, 2.75) is 83.5 Å². The van der Waals surface area contributed by atoms with Crippen LogP contribution in [0.4, 0.5) is 0 Å². The van der Waals surface area contributed by atoms with Gasteiger partial charge >= 0.3 is 0 Å². The van der Waals surface area contributed by atoms with Crippen molar-refractivity contribution in [2.75, 3.05) is 0 Å². The fourth-order valence-electron chi connectivity index (χ4n) is 4.10. The number of rotatable bonds is 9. The number of hydrogen-bond donors (Lipinski definition) is 0. The van der Waals surface area contributed by atoms with Gasteiger partial charge in [-0.3, -0.25) is 0 Å². The molecule has 1 aliphatic carbocycles. The molecule has 1 nitrogen and oxygen atoms in total. The standard InChI is InChI=1S/C20H36OSi/c1-8-14-22(6,7)21-20(15-17(2)3,16-18(4)5)19-12-10-9-11-13-19/h8,19H,1-2,4,9-16H2,3,5-7H3. The lowest BCUT2D eigenvalue weighted by Gasteiger charge is -2.47. The van der Waals surface area contributed by atoms with Gasteiger partial charge in [0.25, 0.3) is 0 Å². The highest BCUT2D eigenvalue weighted by molar-refractivity contribution is 6.71. The van der Waals surface area contributed by atoms with E-state index in [4.69, 9.17) is 4.43 Å². The third-order valence-electron chi connectivity index (χ3n) is 4.67. The molecular formula is C20H36OSi. The lowest BCUT2D eigenvalue weighted by Crippen LogP contribution is -2.50. The molecule has 1 aliphatic rings. The average Bonchev–Trinajstić information content (AvgIpc) is 2.37. The number of hydrogen-bond acceptors (Lipinski definition) is 1.